The molecule has 2 aromatic rings. The van der Waals surface area contributed by atoms with Gasteiger partial charge in [-0.05, 0) is 62.6 Å². The van der Waals surface area contributed by atoms with Gasteiger partial charge in [0.15, 0.2) is 0 Å². The lowest BCUT2D eigenvalue weighted by Crippen LogP contribution is -2.45. The van der Waals surface area contributed by atoms with Crippen molar-refractivity contribution in [1.82, 2.24) is 9.62 Å². The second-order valence-corrected chi connectivity index (χ2v) is 9.58. The van der Waals surface area contributed by atoms with Crippen LogP contribution in [0.25, 0.3) is 0 Å². The van der Waals surface area contributed by atoms with Gasteiger partial charge in [-0.25, -0.2) is 13.2 Å². The molecule has 156 valence electrons. The Balaban J connectivity index is 1.57. The Morgan fingerprint density at radius 1 is 1.10 bits per heavy atom. The van der Waals surface area contributed by atoms with E-state index in [1.165, 1.54) is 0 Å². The third-order valence-corrected chi connectivity index (χ3v) is 7.28. The summed E-state index contributed by atoms with van der Waals surface area (Å²) in [6.45, 7) is 2.84. The molecule has 8 heteroatoms. The van der Waals surface area contributed by atoms with E-state index in [9.17, 15) is 13.2 Å². The van der Waals surface area contributed by atoms with Crippen LogP contribution in [0.5, 0.6) is 0 Å². The van der Waals surface area contributed by atoms with E-state index in [-0.39, 0.29) is 12.1 Å². The molecular weight excluding hydrogens is 410 g/mol. The molecule has 0 aromatic heterocycles. The Hall–Kier alpha value is -2.09. The molecule has 1 aliphatic rings. The van der Waals surface area contributed by atoms with Crippen LogP contribution in [0.3, 0.4) is 0 Å². The highest BCUT2D eigenvalue weighted by molar-refractivity contribution is 7.89. The molecular formula is C21H26ClN3O3S. The number of carbonyl (C=O) groups excluding carboxylic acids is 1. The van der Waals surface area contributed by atoms with Crippen molar-refractivity contribution in [2.24, 2.45) is 0 Å². The van der Waals surface area contributed by atoms with Crippen LogP contribution >= 0.6 is 11.6 Å². The highest BCUT2D eigenvalue weighted by Gasteiger charge is 2.33. The van der Waals surface area contributed by atoms with Gasteiger partial charge in [0.05, 0.1) is 4.90 Å². The smallest absolute Gasteiger partial charge is 0.319 e. The summed E-state index contributed by atoms with van der Waals surface area (Å²) in [5.74, 6) is 0. The van der Waals surface area contributed by atoms with Crippen molar-refractivity contribution in [2.75, 3.05) is 18.4 Å². The first-order chi connectivity index (χ1) is 13.9. The molecule has 1 fully saturated rings. The summed E-state index contributed by atoms with van der Waals surface area (Å²) in [5.41, 5.74) is 1.67. The number of nitrogens with zero attached hydrogens (tertiary/aromatic N) is 1. The first-order valence-electron chi connectivity index (χ1n) is 9.75. The lowest BCUT2D eigenvalue weighted by Gasteiger charge is -2.34. The highest BCUT2D eigenvalue weighted by atomic mass is 35.5. The molecule has 0 saturated carbocycles. The molecule has 1 saturated heterocycles. The maximum Gasteiger partial charge on any atom is 0.319 e. The molecule has 1 atom stereocenters. The number of benzene rings is 2. The number of rotatable bonds is 6. The molecule has 3 rings (SSSR count). The topological polar surface area (TPSA) is 78.5 Å². The van der Waals surface area contributed by atoms with Crippen LogP contribution in [-0.4, -0.2) is 37.9 Å². The van der Waals surface area contributed by atoms with Crippen molar-refractivity contribution >= 4 is 33.3 Å². The van der Waals surface area contributed by atoms with E-state index < -0.39 is 10.0 Å². The Morgan fingerprint density at radius 3 is 2.48 bits per heavy atom. The Labute approximate surface area is 177 Å². The van der Waals surface area contributed by atoms with Gasteiger partial charge >= 0.3 is 6.03 Å². The average Bonchev–Trinajstić information content (AvgIpc) is 2.70. The minimum absolute atomic E-state index is 0.120. The first-order valence-corrected chi connectivity index (χ1v) is 11.6. The number of piperidine rings is 1. The largest absolute Gasteiger partial charge is 0.338 e. The van der Waals surface area contributed by atoms with Gasteiger partial charge in [-0.15, -0.1) is 0 Å². The van der Waals surface area contributed by atoms with E-state index in [1.807, 2.05) is 19.1 Å². The fourth-order valence-electron chi connectivity index (χ4n) is 3.49. The van der Waals surface area contributed by atoms with Crippen molar-refractivity contribution in [1.29, 1.82) is 0 Å². The van der Waals surface area contributed by atoms with Crippen molar-refractivity contribution < 1.29 is 13.2 Å². The molecule has 1 heterocycles. The quantitative estimate of drug-likeness (QED) is 0.705. The second-order valence-electron chi connectivity index (χ2n) is 7.25. The molecule has 1 aliphatic heterocycles. The first kappa shape index (κ1) is 21.6. The number of sulfonamides is 1. The van der Waals surface area contributed by atoms with Gasteiger partial charge in [0.2, 0.25) is 10.0 Å². The van der Waals surface area contributed by atoms with E-state index in [4.69, 9.17) is 11.6 Å². The zero-order chi connectivity index (χ0) is 20.9. The summed E-state index contributed by atoms with van der Waals surface area (Å²) in [6.07, 6.45) is 3.21. The van der Waals surface area contributed by atoms with Crippen molar-refractivity contribution in [3.05, 3.63) is 59.1 Å². The van der Waals surface area contributed by atoms with Crippen LogP contribution in [0, 0.1) is 6.92 Å². The Morgan fingerprint density at radius 2 is 1.79 bits per heavy atom. The molecule has 0 spiro atoms. The summed E-state index contributed by atoms with van der Waals surface area (Å²) in [7, 11) is -3.54. The SMILES string of the molecule is Cc1ccc(S(=O)(=O)N2CCCC[C@@H]2CCNC(=O)Nc2ccc(Cl)cc2)cc1. The number of aryl methyl sites for hydroxylation is 1. The monoisotopic (exact) mass is 435 g/mol. The van der Waals surface area contributed by atoms with Gasteiger partial charge in [-0.3, -0.25) is 0 Å². The standard InChI is InChI=1S/C21H26ClN3O3S/c1-16-5-11-20(12-6-16)29(27,28)25-15-3-2-4-19(25)13-14-23-21(26)24-18-9-7-17(22)8-10-18/h5-12,19H,2-4,13-15H2,1H3,(H2,23,24,26)/t19-/m1/s1. The van der Waals surface area contributed by atoms with Gasteiger partial charge in [-0.1, -0.05) is 35.7 Å². The van der Waals surface area contributed by atoms with E-state index in [0.29, 0.717) is 35.1 Å². The van der Waals surface area contributed by atoms with E-state index in [2.05, 4.69) is 10.6 Å². The zero-order valence-corrected chi connectivity index (χ0v) is 18.0. The summed E-state index contributed by atoms with van der Waals surface area (Å²) in [6, 6.07) is 13.4. The molecule has 2 amide bonds. The van der Waals surface area contributed by atoms with Crippen LogP contribution in [-0.2, 0) is 10.0 Å². The van der Waals surface area contributed by atoms with E-state index in [0.717, 1.165) is 24.8 Å². The van der Waals surface area contributed by atoms with E-state index in [1.54, 1.807) is 40.7 Å². The number of halogens is 1. The second kappa shape index (κ2) is 9.61. The maximum absolute atomic E-state index is 13.1. The third-order valence-electron chi connectivity index (χ3n) is 5.07. The number of amides is 2. The minimum atomic E-state index is -3.54. The van der Waals surface area contributed by atoms with E-state index >= 15 is 0 Å². The number of carbonyl (C=O) groups is 1. The van der Waals surface area contributed by atoms with Gasteiger partial charge in [0.1, 0.15) is 0 Å². The van der Waals surface area contributed by atoms with Gasteiger partial charge < -0.3 is 10.6 Å². The number of hydrogen-bond donors (Lipinski definition) is 2. The predicted octanol–water partition coefficient (Wildman–Crippen LogP) is 4.40. The number of urea groups is 1. The molecule has 0 radical (unpaired) electrons. The fourth-order valence-corrected chi connectivity index (χ4v) is 5.33. The predicted molar refractivity (Wildman–Crippen MR) is 116 cm³/mol. The molecule has 29 heavy (non-hydrogen) atoms. The number of hydrogen-bond acceptors (Lipinski definition) is 3. The lowest BCUT2D eigenvalue weighted by atomic mass is 10.0. The Bertz CT molecular complexity index is 931. The normalized spacial score (nSPS) is 17.7. The van der Waals surface area contributed by atoms with Gasteiger partial charge in [-0.2, -0.15) is 4.31 Å². The fraction of sp³-hybridized carbons (Fsp3) is 0.381. The lowest BCUT2D eigenvalue weighted by molar-refractivity contribution is 0.234. The summed E-state index contributed by atoms with van der Waals surface area (Å²) in [4.78, 5) is 12.4. The van der Waals surface area contributed by atoms with Crippen molar-refractivity contribution in [3.8, 4) is 0 Å². The Kier molecular flexibility index (Phi) is 7.16. The molecule has 0 bridgehead atoms. The summed E-state index contributed by atoms with van der Waals surface area (Å²) in [5, 5.41) is 6.15. The summed E-state index contributed by atoms with van der Waals surface area (Å²) >= 11 is 5.84. The molecule has 6 nitrogen and oxygen atoms in total. The van der Waals surface area contributed by atoms with Crippen LogP contribution in [0.4, 0.5) is 10.5 Å². The van der Waals surface area contributed by atoms with Crippen molar-refractivity contribution in [3.63, 3.8) is 0 Å². The third kappa shape index (κ3) is 5.72. The summed E-state index contributed by atoms with van der Waals surface area (Å²) < 4.78 is 27.8. The molecule has 0 unspecified atom stereocenters. The van der Waals surface area contributed by atoms with Crippen LogP contribution < -0.4 is 10.6 Å². The minimum Gasteiger partial charge on any atom is -0.338 e. The highest BCUT2D eigenvalue weighted by Crippen LogP contribution is 2.27. The molecule has 2 aromatic carbocycles. The van der Waals surface area contributed by atoms with Gasteiger partial charge in [0.25, 0.3) is 0 Å². The average molecular weight is 436 g/mol. The van der Waals surface area contributed by atoms with Crippen LogP contribution in [0.15, 0.2) is 53.4 Å². The maximum atomic E-state index is 13.1. The van der Waals surface area contributed by atoms with Gasteiger partial charge in [0, 0.05) is 29.8 Å². The van der Waals surface area contributed by atoms with Crippen molar-refractivity contribution in [2.45, 2.75) is 43.5 Å². The van der Waals surface area contributed by atoms with Crippen LogP contribution in [0.1, 0.15) is 31.2 Å². The number of nitrogens with one attached hydrogen (secondary N) is 2. The van der Waals surface area contributed by atoms with Crippen LogP contribution in [0.2, 0.25) is 5.02 Å². The number of anilines is 1. The zero-order valence-electron chi connectivity index (χ0n) is 16.4. The molecule has 2 N–H and O–H groups in total. The molecule has 0 aliphatic carbocycles.